The van der Waals surface area contributed by atoms with Crippen LogP contribution in [0.15, 0.2) is 35.9 Å². The lowest BCUT2D eigenvalue weighted by molar-refractivity contribution is -0.162. The number of thioether (sulfide) groups is 1. The zero-order valence-electron chi connectivity index (χ0n) is 41.4. The first-order valence-electron chi connectivity index (χ1n) is 23.9. The van der Waals surface area contributed by atoms with Gasteiger partial charge >= 0.3 is 12.1 Å². The van der Waals surface area contributed by atoms with Crippen molar-refractivity contribution in [2.75, 3.05) is 45.5 Å². The van der Waals surface area contributed by atoms with Gasteiger partial charge in [-0.15, -0.1) is 11.8 Å². The number of fused-ring (bicyclic) bond motifs is 5. The first kappa shape index (κ1) is 53.9. The number of ketones is 1. The molecule has 5 amide bonds. The van der Waals surface area contributed by atoms with Crippen molar-refractivity contribution in [2.45, 2.75) is 146 Å². The van der Waals surface area contributed by atoms with E-state index in [9.17, 15) is 38.7 Å². The van der Waals surface area contributed by atoms with Crippen LogP contribution in [0.3, 0.4) is 0 Å². The normalized spacial score (nSPS) is 32.6. The molecule has 3 saturated heterocycles. The van der Waals surface area contributed by atoms with Crippen molar-refractivity contribution < 1.29 is 62.4 Å². The Morgan fingerprint density at radius 1 is 1.06 bits per heavy atom. The fourth-order valence-corrected chi connectivity index (χ4v) is 11.4. The summed E-state index contributed by atoms with van der Waals surface area (Å²) in [7, 11) is 5.91. The Labute approximate surface area is 414 Å². The molecule has 1 aromatic rings. The predicted molar refractivity (Wildman–Crippen MR) is 258 cm³/mol. The number of allylic oxidation sites excluding steroid dienone is 3. The maximum Gasteiger partial charge on any atom is 0.409 e. The summed E-state index contributed by atoms with van der Waals surface area (Å²) in [4.78, 5) is 97.8. The minimum Gasteiger partial charge on any atom is -0.495 e. The Kier molecular flexibility index (Phi) is 17.4. The number of ether oxygens (including phenoxy) is 5. The Bertz CT molecular complexity index is 2210. The van der Waals surface area contributed by atoms with Crippen LogP contribution in [-0.4, -0.2) is 144 Å². The SMILES string of the molecule is COc1cc2cc(c1Cl)N(C)C(=O)C[C@H](OC(=O)[C@H](C)N(C)C(=O)CCS[C@H]1CC(=O)N(CC3CCC(C(=O)C(C)C)CC3)C1=O)[C@]1(C)O[C@H]1[C@H](C)[C@@H]1C[C@@](O)(NC(=O)O1)[C@H](OC)/C=C/C=C(\C)C2. The number of imide groups is 1. The molecular formula is C50H69ClN4O13S. The number of carbonyl (C=O) groups is 7. The van der Waals surface area contributed by atoms with Crippen molar-refractivity contribution in [1.82, 2.24) is 15.1 Å². The van der Waals surface area contributed by atoms with Gasteiger partial charge in [-0.2, -0.15) is 0 Å². The molecule has 9 atom stereocenters. The third-order valence-electron chi connectivity index (χ3n) is 14.6. The van der Waals surface area contributed by atoms with Gasteiger partial charge in [-0.25, -0.2) is 9.59 Å². The number of Topliss-reactive ketones (excluding diaryl/α,β-unsaturated/α-hetero) is 1. The zero-order chi connectivity index (χ0) is 50.7. The number of likely N-dealkylation sites (N-methyl/N-ethyl adjacent to an activating group) is 1. The fraction of sp³-hybridized carbons (Fsp3) is 0.660. The number of epoxide rings is 1. The molecule has 380 valence electrons. The number of carbonyl (C=O) groups excluding carboxylic acids is 7. The molecule has 4 heterocycles. The van der Waals surface area contributed by atoms with Crippen LogP contribution in [0, 0.1) is 23.7 Å². The number of halogens is 1. The summed E-state index contributed by atoms with van der Waals surface area (Å²) in [6, 6.07) is 2.43. The van der Waals surface area contributed by atoms with Gasteiger partial charge in [0.1, 0.15) is 46.5 Å². The maximum atomic E-state index is 14.3. The molecule has 19 heteroatoms. The number of aliphatic hydroxyl groups is 1. The molecule has 0 spiro atoms. The van der Waals surface area contributed by atoms with Crippen LogP contribution in [0.1, 0.15) is 98.5 Å². The number of nitrogens with one attached hydrogen (secondary N) is 1. The van der Waals surface area contributed by atoms with Crippen molar-refractivity contribution in [1.29, 1.82) is 0 Å². The monoisotopic (exact) mass is 1000 g/mol. The van der Waals surface area contributed by atoms with Gasteiger partial charge < -0.3 is 38.6 Å². The molecule has 0 unspecified atom stereocenters. The van der Waals surface area contributed by atoms with Gasteiger partial charge in [0.2, 0.25) is 23.6 Å². The Morgan fingerprint density at radius 3 is 2.41 bits per heavy atom. The first-order valence-corrected chi connectivity index (χ1v) is 25.3. The minimum absolute atomic E-state index is 0.0160. The first-order chi connectivity index (χ1) is 32.5. The number of anilines is 1. The maximum absolute atomic E-state index is 14.3. The highest BCUT2D eigenvalue weighted by molar-refractivity contribution is 8.00. The van der Waals surface area contributed by atoms with Gasteiger partial charge in [-0.05, 0) is 76.5 Å². The predicted octanol–water partition coefficient (Wildman–Crippen LogP) is 5.80. The molecule has 0 aromatic heterocycles. The van der Waals surface area contributed by atoms with E-state index in [-0.39, 0.29) is 71.8 Å². The van der Waals surface area contributed by atoms with E-state index >= 15 is 0 Å². The lowest BCUT2D eigenvalue weighted by Gasteiger charge is -2.42. The van der Waals surface area contributed by atoms with Gasteiger partial charge in [0.15, 0.2) is 5.72 Å². The standard InChI is InChI=1S/C50H69ClN4O13S/c1-27(2)44(59)33-16-14-31(15-17-33)26-55-42(58)23-37(46(55)60)69-19-18-40(56)53(7)30(5)47(61)67-39-24-41(57)54(8)34-21-32(22-35(64-9)43(34)51)20-28(3)12-11-13-38(65-10)50(63)25-36(66-48(62)52-50)29(4)45-49(39,6)68-45/h11-13,21-22,27,29-31,33,36-39,45,63H,14-20,23-26H2,1-10H3,(H,52,62)/b13-11+,28-12+/t29-,30+,31?,33?,36+,37+,38-,39+,45+,49+,50+/m1/s1. The number of hydrogen-bond acceptors (Lipinski definition) is 14. The van der Waals surface area contributed by atoms with E-state index in [1.165, 1.54) is 54.7 Å². The van der Waals surface area contributed by atoms with E-state index in [0.717, 1.165) is 36.8 Å². The number of nitrogens with zero attached hydrogens (tertiary/aromatic N) is 3. The number of alkyl carbamates (subject to hydrolysis) is 1. The zero-order valence-corrected chi connectivity index (χ0v) is 43.0. The van der Waals surface area contributed by atoms with Crippen LogP contribution < -0.4 is 15.0 Å². The summed E-state index contributed by atoms with van der Waals surface area (Å²) in [5, 5.41) is 13.9. The van der Waals surface area contributed by atoms with Gasteiger partial charge in [0.25, 0.3) is 0 Å². The lowest BCUT2D eigenvalue weighted by atomic mass is 9.77. The van der Waals surface area contributed by atoms with Gasteiger partial charge in [-0.3, -0.25) is 34.2 Å². The van der Waals surface area contributed by atoms with Crippen LogP contribution in [0.25, 0.3) is 0 Å². The van der Waals surface area contributed by atoms with Crippen LogP contribution in [0.5, 0.6) is 5.75 Å². The molecule has 4 fully saturated rings. The van der Waals surface area contributed by atoms with Gasteiger partial charge in [0, 0.05) is 70.5 Å². The molecular weight excluding hydrogens is 932 g/mol. The summed E-state index contributed by atoms with van der Waals surface area (Å²) in [5.41, 5.74) is -1.13. The molecule has 1 aliphatic carbocycles. The summed E-state index contributed by atoms with van der Waals surface area (Å²) >= 11 is 8.05. The Morgan fingerprint density at radius 2 is 1.75 bits per heavy atom. The smallest absolute Gasteiger partial charge is 0.409 e. The fourth-order valence-electron chi connectivity index (χ4n) is 10.0. The largest absolute Gasteiger partial charge is 0.495 e. The molecule has 4 bridgehead atoms. The second-order valence-electron chi connectivity index (χ2n) is 19.8. The van der Waals surface area contributed by atoms with Crippen LogP contribution in [0.4, 0.5) is 10.5 Å². The van der Waals surface area contributed by atoms with E-state index in [2.05, 4.69) is 5.32 Å². The number of esters is 1. The number of rotatable bonds is 13. The topological polar surface area (TPSA) is 211 Å². The quantitative estimate of drug-likeness (QED) is 0.136. The average molecular weight is 1000 g/mol. The summed E-state index contributed by atoms with van der Waals surface area (Å²) in [6.45, 7) is 11.0. The molecule has 1 aromatic carbocycles. The van der Waals surface area contributed by atoms with E-state index in [1.54, 1.807) is 45.2 Å². The number of amides is 5. The molecule has 1 saturated carbocycles. The Balaban J connectivity index is 1.14. The highest BCUT2D eigenvalue weighted by Gasteiger charge is 2.64. The number of methoxy groups -OCH3 is 2. The highest BCUT2D eigenvalue weighted by atomic mass is 35.5. The van der Waals surface area contributed by atoms with Crippen molar-refractivity contribution in [2.24, 2.45) is 23.7 Å². The van der Waals surface area contributed by atoms with Crippen LogP contribution in [0.2, 0.25) is 5.02 Å². The second kappa shape index (κ2) is 22.3. The summed E-state index contributed by atoms with van der Waals surface area (Å²) < 4.78 is 29.4. The molecule has 69 heavy (non-hydrogen) atoms. The van der Waals surface area contributed by atoms with Crippen molar-refractivity contribution in [3.8, 4) is 5.75 Å². The van der Waals surface area contributed by atoms with Crippen molar-refractivity contribution >= 4 is 70.5 Å². The number of likely N-dealkylation sites (tertiary alicyclic amines) is 1. The van der Waals surface area contributed by atoms with Gasteiger partial charge in [0.05, 0.1) is 30.6 Å². The van der Waals surface area contributed by atoms with E-state index in [4.69, 9.17) is 35.3 Å². The van der Waals surface area contributed by atoms with Crippen LogP contribution in [-0.2, 0) is 54.1 Å². The number of benzene rings is 1. The molecule has 17 nitrogen and oxygen atoms in total. The number of hydrogen-bond donors (Lipinski definition) is 2. The van der Waals surface area contributed by atoms with E-state index < -0.39 is 76.8 Å². The van der Waals surface area contributed by atoms with Crippen molar-refractivity contribution in [3.05, 3.63) is 46.5 Å². The lowest BCUT2D eigenvalue weighted by Crippen LogP contribution is -2.63. The average Bonchev–Trinajstić information content (AvgIpc) is 3.94. The Hall–Kier alpha value is -4.49. The summed E-state index contributed by atoms with van der Waals surface area (Å²) in [5.74, 6) is -1.78. The molecule has 5 aliphatic rings. The molecule has 0 radical (unpaired) electrons. The highest BCUT2D eigenvalue weighted by Crippen LogP contribution is 2.49. The third-order valence-corrected chi connectivity index (χ3v) is 16.2. The third kappa shape index (κ3) is 12.2. The van der Waals surface area contributed by atoms with Crippen molar-refractivity contribution in [3.63, 3.8) is 0 Å². The van der Waals surface area contributed by atoms with Gasteiger partial charge in [-0.1, -0.05) is 56.2 Å². The molecule has 6 rings (SSSR count). The van der Waals surface area contributed by atoms with E-state index in [1.807, 2.05) is 26.8 Å². The summed E-state index contributed by atoms with van der Waals surface area (Å²) in [6.07, 6.45) is 3.59. The second-order valence-corrected chi connectivity index (χ2v) is 21.5. The molecule has 4 aliphatic heterocycles. The van der Waals surface area contributed by atoms with E-state index in [0.29, 0.717) is 24.4 Å². The minimum atomic E-state index is -1.87. The van der Waals surface area contributed by atoms with Crippen LogP contribution >= 0.6 is 23.4 Å². The molecule has 2 N–H and O–H groups in total.